The Bertz CT molecular complexity index is 938. The van der Waals surface area contributed by atoms with Gasteiger partial charge in [-0.1, -0.05) is 43.7 Å². The van der Waals surface area contributed by atoms with Gasteiger partial charge in [0.2, 0.25) is 0 Å². The molecule has 0 fully saturated rings. The predicted molar refractivity (Wildman–Crippen MR) is 104 cm³/mol. The lowest BCUT2D eigenvalue weighted by Gasteiger charge is -2.19. The van der Waals surface area contributed by atoms with Gasteiger partial charge in [-0.05, 0) is 49.2 Å². The molecule has 1 aromatic heterocycles. The van der Waals surface area contributed by atoms with Gasteiger partial charge in [0.1, 0.15) is 6.10 Å². The molecule has 1 atom stereocenters. The standard InChI is InChI=1S/C23H21F4NO/c1-2-3-10-22(29-21-11-5-4-7-18(21)24)20-9-6-8-19(28-20)16-12-14-17(15-13-16)23(25,26)27/h4-9,11-15,22H,2-3,10H2,1H3/t22-/m1/s1. The summed E-state index contributed by atoms with van der Waals surface area (Å²) in [5.74, 6) is -0.303. The zero-order valence-corrected chi connectivity index (χ0v) is 15.9. The molecule has 0 radical (unpaired) electrons. The molecular weight excluding hydrogens is 382 g/mol. The average molecular weight is 403 g/mol. The maximum Gasteiger partial charge on any atom is 0.416 e. The van der Waals surface area contributed by atoms with Gasteiger partial charge in [0.15, 0.2) is 11.6 Å². The molecular formula is C23H21F4NO. The van der Waals surface area contributed by atoms with Crippen molar-refractivity contribution in [2.75, 3.05) is 0 Å². The highest BCUT2D eigenvalue weighted by atomic mass is 19.4. The SMILES string of the molecule is CCCC[C@@H](Oc1ccccc1F)c1cccc(-c2ccc(C(F)(F)F)cc2)n1. The largest absolute Gasteiger partial charge is 0.481 e. The monoisotopic (exact) mass is 403 g/mol. The van der Waals surface area contributed by atoms with Crippen molar-refractivity contribution in [2.45, 2.75) is 38.5 Å². The number of aromatic nitrogens is 1. The van der Waals surface area contributed by atoms with Gasteiger partial charge in [-0.15, -0.1) is 0 Å². The van der Waals surface area contributed by atoms with Gasteiger partial charge in [0, 0.05) is 5.56 Å². The molecule has 0 aliphatic carbocycles. The zero-order chi connectivity index (χ0) is 20.9. The van der Waals surface area contributed by atoms with Crippen LogP contribution >= 0.6 is 0 Å². The number of ether oxygens (including phenoxy) is 1. The Morgan fingerprint density at radius 1 is 0.931 bits per heavy atom. The van der Waals surface area contributed by atoms with Crippen LogP contribution in [0.4, 0.5) is 17.6 Å². The molecule has 2 aromatic carbocycles. The molecule has 0 saturated carbocycles. The fraction of sp³-hybridized carbons (Fsp3) is 0.261. The van der Waals surface area contributed by atoms with Crippen LogP contribution in [0.5, 0.6) is 5.75 Å². The fourth-order valence-electron chi connectivity index (χ4n) is 2.97. The number of unbranched alkanes of at least 4 members (excludes halogenated alkanes) is 1. The van der Waals surface area contributed by atoms with Crippen LogP contribution in [0.3, 0.4) is 0 Å². The fourth-order valence-corrected chi connectivity index (χ4v) is 2.97. The maximum absolute atomic E-state index is 14.0. The van der Waals surface area contributed by atoms with E-state index in [9.17, 15) is 17.6 Å². The lowest BCUT2D eigenvalue weighted by atomic mass is 10.1. The second kappa shape index (κ2) is 9.07. The molecule has 1 heterocycles. The minimum Gasteiger partial charge on any atom is -0.481 e. The van der Waals surface area contributed by atoms with Gasteiger partial charge in [0.25, 0.3) is 0 Å². The van der Waals surface area contributed by atoms with E-state index in [1.165, 1.54) is 18.2 Å². The summed E-state index contributed by atoms with van der Waals surface area (Å²) in [7, 11) is 0. The van der Waals surface area contributed by atoms with E-state index in [1.54, 1.807) is 36.4 Å². The summed E-state index contributed by atoms with van der Waals surface area (Å²) in [4.78, 5) is 4.59. The summed E-state index contributed by atoms with van der Waals surface area (Å²) in [6.45, 7) is 2.05. The molecule has 0 aliphatic rings. The third kappa shape index (κ3) is 5.34. The maximum atomic E-state index is 14.0. The minimum atomic E-state index is -4.38. The van der Waals surface area contributed by atoms with Gasteiger partial charge < -0.3 is 4.74 Å². The molecule has 0 amide bonds. The van der Waals surface area contributed by atoms with Crippen molar-refractivity contribution in [1.29, 1.82) is 0 Å². The molecule has 0 spiro atoms. The first-order valence-corrected chi connectivity index (χ1v) is 9.44. The first-order chi connectivity index (χ1) is 13.9. The summed E-state index contributed by atoms with van der Waals surface area (Å²) >= 11 is 0. The molecule has 0 saturated heterocycles. The van der Waals surface area contributed by atoms with Crippen LogP contribution in [0, 0.1) is 5.82 Å². The van der Waals surface area contributed by atoms with Gasteiger partial charge in [-0.3, -0.25) is 0 Å². The number of para-hydroxylation sites is 1. The quantitative estimate of drug-likeness (QED) is 0.389. The van der Waals surface area contributed by atoms with Gasteiger partial charge in [-0.25, -0.2) is 9.37 Å². The predicted octanol–water partition coefficient (Wildman–Crippen LogP) is 7.22. The molecule has 3 rings (SSSR count). The topological polar surface area (TPSA) is 22.1 Å². The van der Waals surface area contributed by atoms with Gasteiger partial charge in [0.05, 0.1) is 17.0 Å². The van der Waals surface area contributed by atoms with Crippen LogP contribution in [0.1, 0.15) is 43.5 Å². The van der Waals surface area contributed by atoms with E-state index in [2.05, 4.69) is 4.98 Å². The van der Waals surface area contributed by atoms with Gasteiger partial charge >= 0.3 is 6.18 Å². The van der Waals surface area contributed by atoms with Crippen LogP contribution in [0.15, 0.2) is 66.7 Å². The molecule has 3 aromatic rings. The molecule has 0 aliphatic heterocycles. The van der Waals surface area contributed by atoms with E-state index >= 15 is 0 Å². The Labute approximate surface area is 167 Å². The highest BCUT2D eigenvalue weighted by molar-refractivity contribution is 5.59. The van der Waals surface area contributed by atoms with Crippen LogP contribution < -0.4 is 4.74 Å². The Morgan fingerprint density at radius 2 is 1.66 bits per heavy atom. The number of pyridine rings is 1. The number of benzene rings is 2. The van der Waals surface area contributed by atoms with E-state index in [0.717, 1.165) is 25.0 Å². The van der Waals surface area contributed by atoms with E-state index in [-0.39, 0.29) is 5.75 Å². The first kappa shape index (κ1) is 20.8. The number of rotatable bonds is 7. The molecule has 29 heavy (non-hydrogen) atoms. The number of alkyl halides is 3. The van der Waals surface area contributed by atoms with Crippen molar-refractivity contribution in [1.82, 2.24) is 4.98 Å². The molecule has 2 nitrogen and oxygen atoms in total. The van der Waals surface area contributed by atoms with Crippen molar-refractivity contribution in [3.63, 3.8) is 0 Å². The lowest BCUT2D eigenvalue weighted by molar-refractivity contribution is -0.137. The second-order valence-corrected chi connectivity index (χ2v) is 6.70. The molecule has 0 unspecified atom stereocenters. The summed E-state index contributed by atoms with van der Waals surface area (Å²) in [6, 6.07) is 16.3. The Hall–Kier alpha value is -2.89. The summed E-state index contributed by atoms with van der Waals surface area (Å²) in [5, 5.41) is 0. The summed E-state index contributed by atoms with van der Waals surface area (Å²) in [6.07, 6.45) is -2.39. The minimum absolute atomic E-state index is 0.148. The van der Waals surface area contributed by atoms with E-state index < -0.39 is 23.7 Å². The average Bonchev–Trinajstić information content (AvgIpc) is 2.72. The van der Waals surface area contributed by atoms with E-state index in [1.807, 2.05) is 6.92 Å². The van der Waals surface area contributed by atoms with Crippen molar-refractivity contribution in [2.24, 2.45) is 0 Å². The van der Waals surface area contributed by atoms with Crippen LogP contribution in [0.25, 0.3) is 11.3 Å². The lowest BCUT2D eigenvalue weighted by Crippen LogP contribution is -2.11. The molecule has 152 valence electrons. The normalized spacial score (nSPS) is 12.6. The van der Waals surface area contributed by atoms with Crippen molar-refractivity contribution in [3.05, 3.63) is 83.8 Å². The number of halogens is 4. The third-order valence-electron chi connectivity index (χ3n) is 4.53. The van der Waals surface area contributed by atoms with E-state index in [4.69, 9.17) is 4.74 Å². The van der Waals surface area contributed by atoms with Crippen molar-refractivity contribution in [3.8, 4) is 17.0 Å². The highest BCUT2D eigenvalue weighted by Gasteiger charge is 2.30. The van der Waals surface area contributed by atoms with Crippen molar-refractivity contribution < 1.29 is 22.3 Å². The van der Waals surface area contributed by atoms with Gasteiger partial charge in [-0.2, -0.15) is 13.2 Å². The first-order valence-electron chi connectivity index (χ1n) is 9.44. The Kier molecular flexibility index (Phi) is 6.52. The molecule has 0 bridgehead atoms. The molecule has 0 N–H and O–H groups in total. The summed E-state index contributed by atoms with van der Waals surface area (Å²) < 4.78 is 58.3. The summed E-state index contributed by atoms with van der Waals surface area (Å²) in [5.41, 5.74) is 1.01. The number of hydrogen-bond acceptors (Lipinski definition) is 2. The van der Waals surface area contributed by atoms with Crippen molar-refractivity contribution >= 4 is 0 Å². The van der Waals surface area contributed by atoms with Crippen LogP contribution in [0.2, 0.25) is 0 Å². The number of nitrogens with zero attached hydrogens (tertiary/aromatic N) is 1. The smallest absolute Gasteiger partial charge is 0.416 e. The molecule has 6 heteroatoms. The number of hydrogen-bond donors (Lipinski definition) is 0. The zero-order valence-electron chi connectivity index (χ0n) is 15.9. The Morgan fingerprint density at radius 3 is 2.31 bits per heavy atom. The Balaban J connectivity index is 1.89. The second-order valence-electron chi connectivity index (χ2n) is 6.70. The van der Waals surface area contributed by atoms with Crippen LogP contribution in [-0.2, 0) is 6.18 Å². The van der Waals surface area contributed by atoms with Crippen LogP contribution in [-0.4, -0.2) is 4.98 Å². The highest BCUT2D eigenvalue weighted by Crippen LogP contribution is 2.32. The van der Waals surface area contributed by atoms with E-state index in [0.29, 0.717) is 23.4 Å². The third-order valence-corrected chi connectivity index (χ3v) is 4.53.